The first-order valence-electron chi connectivity index (χ1n) is 8.10. The van der Waals surface area contributed by atoms with Crippen LogP contribution in [0.25, 0.3) is 16.5 Å². The van der Waals surface area contributed by atoms with E-state index in [4.69, 9.17) is 0 Å². The van der Waals surface area contributed by atoms with Gasteiger partial charge in [0.15, 0.2) is 0 Å². The first-order valence-corrected chi connectivity index (χ1v) is 8.92. The lowest BCUT2D eigenvalue weighted by atomic mass is 10.1. The average Bonchev–Trinajstić information content (AvgIpc) is 3.11. The highest BCUT2D eigenvalue weighted by atomic mass is 32.1. The maximum Gasteiger partial charge on any atom is 0.348 e. The van der Waals surface area contributed by atoms with Gasteiger partial charge in [0.2, 0.25) is 5.91 Å². The Morgan fingerprint density at radius 3 is 2.50 bits per heavy atom. The number of nitro benzene ring substituents is 1. The van der Waals surface area contributed by atoms with Crippen molar-refractivity contribution in [3.63, 3.8) is 0 Å². The Hall–Kier alpha value is -3.78. The molecule has 0 spiro atoms. The molecule has 1 aromatic heterocycles. The quantitative estimate of drug-likeness (QED) is 0.359. The molecule has 0 aliphatic rings. The summed E-state index contributed by atoms with van der Waals surface area (Å²) in [7, 11) is 0. The van der Waals surface area contributed by atoms with Gasteiger partial charge in [-0.05, 0) is 23.3 Å². The molecule has 0 atom stereocenters. The van der Waals surface area contributed by atoms with Gasteiger partial charge in [0.25, 0.3) is 5.69 Å². The molecular formula is C20H14N2O5S. The van der Waals surface area contributed by atoms with Crippen LogP contribution in [0.2, 0.25) is 0 Å². The fourth-order valence-corrected chi connectivity index (χ4v) is 3.42. The van der Waals surface area contributed by atoms with Gasteiger partial charge in [0, 0.05) is 23.1 Å². The highest BCUT2D eigenvalue weighted by Crippen LogP contribution is 2.36. The molecule has 0 saturated carbocycles. The number of anilines is 1. The molecule has 2 aromatic carbocycles. The first kappa shape index (κ1) is 19.0. The van der Waals surface area contributed by atoms with Gasteiger partial charge in [0.1, 0.15) is 4.88 Å². The summed E-state index contributed by atoms with van der Waals surface area (Å²) in [6.07, 6.45) is 2.93. The van der Waals surface area contributed by atoms with E-state index in [0.29, 0.717) is 10.4 Å². The van der Waals surface area contributed by atoms with Crippen molar-refractivity contribution in [2.24, 2.45) is 0 Å². The zero-order chi connectivity index (χ0) is 20.1. The van der Waals surface area contributed by atoms with E-state index in [-0.39, 0.29) is 16.3 Å². The minimum absolute atomic E-state index is 0.0528. The molecule has 0 fully saturated rings. The number of carboxylic acids is 1. The predicted molar refractivity (Wildman–Crippen MR) is 107 cm³/mol. The van der Waals surface area contributed by atoms with Crippen molar-refractivity contribution in [2.75, 3.05) is 5.32 Å². The van der Waals surface area contributed by atoms with Crippen molar-refractivity contribution in [3.05, 3.63) is 87.3 Å². The zero-order valence-corrected chi connectivity index (χ0v) is 15.2. The Labute approximate surface area is 163 Å². The topological polar surface area (TPSA) is 110 Å². The molecule has 0 aliphatic carbocycles. The van der Waals surface area contributed by atoms with Gasteiger partial charge in [-0.3, -0.25) is 14.9 Å². The van der Waals surface area contributed by atoms with Crippen LogP contribution in [0.15, 0.2) is 66.7 Å². The van der Waals surface area contributed by atoms with Crippen molar-refractivity contribution in [1.82, 2.24) is 0 Å². The summed E-state index contributed by atoms with van der Waals surface area (Å²) in [5.74, 6) is -1.67. The number of rotatable bonds is 6. The van der Waals surface area contributed by atoms with E-state index < -0.39 is 16.8 Å². The van der Waals surface area contributed by atoms with E-state index in [2.05, 4.69) is 5.32 Å². The smallest absolute Gasteiger partial charge is 0.348 e. The third-order valence-corrected chi connectivity index (χ3v) is 4.92. The van der Waals surface area contributed by atoms with E-state index in [1.54, 1.807) is 12.1 Å². The van der Waals surface area contributed by atoms with Crippen LogP contribution < -0.4 is 5.32 Å². The number of carbonyl (C=O) groups is 2. The molecule has 0 aliphatic heterocycles. The third kappa shape index (κ3) is 4.49. The lowest BCUT2D eigenvalue weighted by Crippen LogP contribution is -2.09. The van der Waals surface area contributed by atoms with Crippen LogP contribution >= 0.6 is 11.3 Å². The fourth-order valence-electron chi connectivity index (χ4n) is 2.47. The number of carboxylic acid groups (broad SMARTS) is 1. The summed E-state index contributed by atoms with van der Waals surface area (Å²) in [4.78, 5) is 34.6. The number of thiophene rings is 1. The van der Waals surface area contributed by atoms with Gasteiger partial charge >= 0.3 is 5.97 Å². The molecule has 28 heavy (non-hydrogen) atoms. The Balaban J connectivity index is 1.86. The van der Waals surface area contributed by atoms with Gasteiger partial charge in [-0.25, -0.2) is 4.79 Å². The molecular weight excluding hydrogens is 380 g/mol. The Kier molecular flexibility index (Phi) is 5.61. The molecule has 0 radical (unpaired) electrons. The lowest BCUT2D eigenvalue weighted by molar-refractivity contribution is -0.384. The first-order chi connectivity index (χ1) is 13.4. The average molecular weight is 394 g/mol. The molecule has 2 N–H and O–H groups in total. The SMILES string of the molecule is O=C(/C=C/c1ccccc1)Nc1cc(-c2cccc([N+](=O)[O-])c2)sc1C(=O)O. The Morgan fingerprint density at radius 2 is 1.82 bits per heavy atom. The largest absolute Gasteiger partial charge is 0.477 e. The number of nitrogens with zero attached hydrogens (tertiary/aromatic N) is 1. The number of aromatic carboxylic acids is 1. The molecule has 0 saturated heterocycles. The number of amides is 1. The normalized spacial score (nSPS) is 10.7. The maximum absolute atomic E-state index is 12.2. The van der Waals surface area contributed by atoms with Crippen molar-refractivity contribution in [3.8, 4) is 10.4 Å². The standard InChI is InChI=1S/C20H14N2O5S/c23-18(10-9-13-5-2-1-3-6-13)21-16-12-17(28-19(16)20(24)25)14-7-4-8-15(11-14)22(26)27/h1-12H,(H,21,23)(H,24,25)/b10-9+. The van der Waals surface area contributed by atoms with Crippen LogP contribution in [0, 0.1) is 10.1 Å². The Bertz CT molecular complexity index is 1070. The molecule has 7 nitrogen and oxygen atoms in total. The predicted octanol–water partition coefficient (Wildman–Crippen LogP) is 4.67. The van der Waals surface area contributed by atoms with Crippen LogP contribution in [0.1, 0.15) is 15.2 Å². The van der Waals surface area contributed by atoms with Crippen LogP contribution in [0.3, 0.4) is 0 Å². The van der Waals surface area contributed by atoms with Crippen molar-refractivity contribution >= 4 is 40.7 Å². The van der Waals surface area contributed by atoms with Crippen molar-refractivity contribution in [1.29, 1.82) is 0 Å². The van der Waals surface area contributed by atoms with Crippen LogP contribution in [-0.4, -0.2) is 21.9 Å². The zero-order valence-electron chi connectivity index (χ0n) is 14.4. The summed E-state index contributed by atoms with van der Waals surface area (Å²) < 4.78 is 0. The molecule has 1 amide bonds. The highest BCUT2D eigenvalue weighted by Gasteiger charge is 2.18. The number of carbonyl (C=O) groups excluding carboxylic acids is 1. The summed E-state index contributed by atoms with van der Waals surface area (Å²) in [5.41, 5.74) is 1.38. The third-order valence-electron chi connectivity index (χ3n) is 3.75. The number of benzene rings is 2. The summed E-state index contributed by atoms with van der Waals surface area (Å²) >= 11 is 0.937. The molecule has 0 bridgehead atoms. The minimum atomic E-state index is -1.19. The second kappa shape index (κ2) is 8.28. The van der Waals surface area contributed by atoms with Crippen LogP contribution in [-0.2, 0) is 4.79 Å². The minimum Gasteiger partial charge on any atom is -0.477 e. The van der Waals surface area contributed by atoms with Crippen LogP contribution in [0.5, 0.6) is 0 Å². The molecule has 1 heterocycles. The maximum atomic E-state index is 12.2. The van der Waals surface area contributed by atoms with E-state index in [1.807, 2.05) is 30.3 Å². The van der Waals surface area contributed by atoms with E-state index in [1.165, 1.54) is 30.3 Å². The number of non-ortho nitro benzene ring substituents is 1. The second-order valence-corrected chi connectivity index (χ2v) is 6.75. The monoisotopic (exact) mass is 394 g/mol. The van der Waals surface area contributed by atoms with Crippen LogP contribution in [0.4, 0.5) is 11.4 Å². The number of nitrogens with one attached hydrogen (secondary N) is 1. The lowest BCUT2D eigenvalue weighted by Gasteiger charge is -2.00. The van der Waals surface area contributed by atoms with Gasteiger partial charge in [0.05, 0.1) is 10.6 Å². The number of hydrogen-bond donors (Lipinski definition) is 2. The molecule has 3 rings (SSSR count). The van der Waals surface area contributed by atoms with E-state index in [0.717, 1.165) is 16.9 Å². The number of nitro groups is 1. The fraction of sp³-hybridized carbons (Fsp3) is 0. The van der Waals surface area contributed by atoms with Crippen molar-refractivity contribution < 1.29 is 19.6 Å². The summed E-state index contributed by atoms with van der Waals surface area (Å²) in [6.45, 7) is 0. The highest BCUT2D eigenvalue weighted by molar-refractivity contribution is 7.18. The molecule has 0 unspecified atom stereocenters. The van der Waals surface area contributed by atoms with E-state index in [9.17, 15) is 24.8 Å². The van der Waals surface area contributed by atoms with Gasteiger partial charge in [-0.1, -0.05) is 42.5 Å². The van der Waals surface area contributed by atoms with Gasteiger partial charge < -0.3 is 10.4 Å². The summed E-state index contributed by atoms with van der Waals surface area (Å²) in [5, 5.41) is 22.9. The van der Waals surface area contributed by atoms with E-state index >= 15 is 0 Å². The van der Waals surface area contributed by atoms with Crippen molar-refractivity contribution in [2.45, 2.75) is 0 Å². The molecule has 3 aromatic rings. The summed E-state index contributed by atoms with van der Waals surface area (Å²) in [6, 6.07) is 16.6. The van der Waals surface area contributed by atoms with Gasteiger partial charge in [-0.15, -0.1) is 11.3 Å². The molecule has 140 valence electrons. The molecule has 8 heteroatoms. The second-order valence-electron chi connectivity index (χ2n) is 5.70. The van der Waals surface area contributed by atoms with Gasteiger partial charge in [-0.2, -0.15) is 0 Å². The number of hydrogen-bond acceptors (Lipinski definition) is 5. The Morgan fingerprint density at radius 1 is 1.07 bits per heavy atom.